The number of hydrogen-bond acceptors (Lipinski definition) is 5. The largest absolute Gasteiger partial charge is 0.397 e. The van der Waals surface area contributed by atoms with Gasteiger partial charge in [-0.1, -0.05) is 73.3 Å². The van der Waals surface area contributed by atoms with E-state index >= 15 is 0 Å². The van der Waals surface area contributed by atoms with Gasteiger partial charge in [-0.05, 0) is 63.8 Å². The summed E-state index contributed by atoms with van der Waals surface area (Å²) in [6.07, 6.45) is 22.4. The third kappa shape index (κ3) is 20.7. The van der Waals surface area contributed by atoms with Crippen molar-refractivity contribution in [1.29, 1.82) is 0 Å². The number of hydroxylamine groups is 1. The Bertz CT molecular complexity index is 605. The van der Waals surface area contributed by atoms with Crippen LogP contribution in [-0.2, 0) is 0 Å². The number of likely N-dealkylation sites (tertiary alicyclic amines) is 1. The molecule has 1 aliphatic rings. The molecule has 204 valence electrons. The van der Waals surface area contributed by atoms with E-state index in [9.17, 15) is 0 Å². The highest BCUT2D eigenvalue weighted by Crippen LogP contribution is 2.21. The fourth-order valence-electron chi connectivity index (χ4n) is 3.36. The van der Waals surface area contributed by atoms with E-state index in [1.807, 2.05) is 65.3 Å². The molecule has 1 aliphatic heterocycles. The van der Waals surface area contributed by atoms with Crippen LogP contribution in [0.25, 0.3) is 0 Å². The molecule has 2 atom stereocenters. The Balaban J connectivity index is -0.000000310. The van der Waals surface area contributed by atoms with Gasteiger partial charge < -0.3 is 15.5 Å². The van der Waals surface area contributed by atoms with Crippen molar-refractivity contribution in [1.82, 2.24) is 15.3 Å². The van der Waals surface area contributed by atoms with Crippen molar-refractivity contribution in [2.45, 2.75) is 87.1 Å². The van der Waals surface area contributed by atoms with Gasteiger partial charge in [-0.25, -0.2) is 0 Å². The second kappa shape index (κ2) is 29.6. The lowest BCUT2D eigenvalue weighted by atomic mass is 10.0. The van der Waals surface area contributed by atoms with Crippen LogP contribution < -0.4 is 11.2 Å². The summed E-state index contributed by atoms with van der Waals surface area (Å²) in [5.41, 5.74) is 10.4. The Morgan fingerprint density at radius 2 is 1.74 bits per heavy atom. The van der Waals surface area contributed by atoms with E-state index in [-0.39, 0.29) is 0 Å². The first-order valence-corrected chi connectivity index (χ1v) is 13.1. The molecule has 0 bridgehead atoms. The van der Waals surface area contributed by atoms with Gasteiger partial charge >= 0.3 is 0 Å². The van der Waals surface area contributed by atoms with Crippen LogP contribution in [0, 0.1) is 18.8 Å². The molecule has 35 heavy (non-hydrogen) atoms. The van der Waals surface area contributed by atoms with Crippen LogP contribution in [0.1, 0.15) is 81.1 Å². The van der Waals surface area contributed by atoms with Crippen molar-refractivity contribution in [3.63, 3.8) is 0 Å². The van der Waals surface area contributed by atoms with Gasteiger partial charge in [0.1, 0.15) is 0 Å². The second-order valence-corrected chi connectivity index (χ2v) is 7.69. The Hall–Kier alpha value is -2.42. The summed E-state index contributed by atoms with van der Waals surface area (Å²) in [7, 11) is 2.14. The lowest BCUT2D eigenvalue weighted by molar-refractivity contribution is 0.205. The zero-order valence-electron chi connectivity index (χ0n) is 24.5. The molecule has 4 N–H and O–H groups in total. The smallest absolute Gasteiger partial charge is 0.0594 e. The highest BCUT2D eigenvalue weighted by molar-refractivity contribution is 5.29. The molecule has 1 fully saturated rings. The topological polar surface area (TPSA) is 64.8 Å². The highest BCUT2D eigenvalue weighted by atomic mass is 16.5. The maximum Gasteiger partial charge on any atom is 0.0594 e. The van der Waals surface area contributed by atoms with Crippen LogP contribution in [0.5, 0.6) is 0 Å². The molecule has 0 aromatic carbocycles. The van der Waals surface area contributed by atoms with Crippen LogP contribution in [0.15, 0.2) is 60.6 Å². The van der Waals surface area contributed by atoms with E-state index in [1.54, 1.807) is 12.2 Å². The van der Waals surface area contributed by atoms with E-state index in [0.29, 0.717) is 11.7 Å². The average Bonchev–Trinajstić information content (AvgIpc) is 3.37. The van der Waals surface area contributed by atoms with Crippen molar-refractivity contribution >= 4 is 0 Å². The van der Waals surface area contributed by atoms with Crippen LogP contribution in [0.3, 0.4) is 0 Å². The van der Waals surface area contributed by atoms with Gasteiger partial charge in [-0.3, -0.25) is 10.7 Å². The SMILES string of the molecule is C#C.C=C(/C=C/C)NO.C=C/C(=C(N)\C=C/C)N(C)C1CCN(CCCC(C)CC)C1.CC.CC. The van der Waals surface area contributed by atoms with Gasteiger partial charge in [-0.15, -0.1) is 12.8 Å². The molecule has 0 saturated carbocycles. The Morgan fingerprint density at radius 1 is 1.20 bits per heavy atom. The van der Waals surface area contributed by atoms with Crippen molar-refractivity contribution in [3.05, 3.63) is 60.6 Å². The normalized spacial score (nSPS) is 16.1. The average molecular weight is 491 g/mol. The molecule has 1 saturated heterocycles. The van der Waals surface area contributed by atoms with Crippen molar-refractivity contribution in [3.8, 4) is 12.8 Å². The number of rotatable bonds is 11. The van der Waals surface area contributed by atoms with Crippen LogP contribution in [-0.4, -0.2) is 47.7 Å². The van der Waals surface area contributed by atoms with Crippen molar-refractivity contribution in [2.24, 2.45) is 11.7 Å². The molecule has 0 aromatic rings. The Kier molecular flexibility index (Phi) is 33.7. The molecular weight excluding hydrogens is 432 g/mol. The molecule has 5 heteroatoms. The minimum absolute atomic E-state index is 0.502. The van der Waals surface area contributed by atoms with Crippen LogP contribution >= 0.6 is 0 Å². The summed E-state index contributed by atoms with van der Waals surface area (Å²) in [5.74, 6) is 0.858. The minimum Gasteiger partial charge on any atom is -0.397 e. The number of likely N-dealkylation sites (N-methyl/N-ethyl adjacent to an activating group) is 1. The van der Waals surface area contributed by atoms with Crippen LogP contribution in [0.2, 0.25) is 0 Å². The molecule has 2 unspecified atom stereocenters. The zero-order valence-corrected chi connectivity index (χ0v) is 24.5. The summed E-state index contributed by atoms with van der Waals surface area (Å²) in [6, 6.07) is 0.542. The van der Waals surface area contributed by atoms with Gasteiger partial charge in [-0.2, -0.15) is 0 Å². The van der Waals surface area contributed by atoms with Gasteiger partial charge in [0.05, 0.1) is 17.1 Å². The maximum absolute atomic E-state index is 8.07. The van der Waals surface area contributed by atoms with E-state index in [1.165, 1.54) is 38.8 Å². The van der Waals surface area contributed by atoms with Gasteiger partial charge in [0.15, 0.2) is 0 Å². The lowest BCUT2D eigenvalue weighted by Gasteiger charge is -2.28. The Labute approximate surface area is 219 Å². The van der Waals surface area contributed by atoms with E-state index in [4.69, 9.17) is 10.9 Å². The first-order chi connectivity index (χ1) is 16.8. The first-order valence-electron chi connectivity index (χ1n) is 13.1. The predicted octanol–water partition coefficient (Wildman–Crippen LogP) is 7.11. The minimum atomic E-state index is 0.502. The van der Waals surface area contributed by atoms with E-state index in [0.717, 1.165) is 23.9 Å². The summed E-state index contributed by atoms with van der Waals surface area (Å²) in [6.45, 7) is 27.4. The number of terminal acetylenes is 1. The number of allylic oxidation sites excluding steroid dienone is 5. The molecule has 1 rings (SSSR count). The van der Waals surface area contributed by atoms with Crippen molar-refractivity contribution in [2.75, 3.05) is 26.7 Å². The molecular formula is C30H58N4O. The quantitative estimate of drug-likeness (QED) is 0.164. The number of nitrogens with zero attached hydrogens (tertiary/aromatic N) is 2. The Morgan fingerprint density at radius 3 is 2.14 bits per heavy atom. The summed E-state index contributed by atoms with van der Waals surface area (Å²) in [4.78, 5) is 4.90. The molecule has 0 spiro atoms. The summed E-state index contributed by atoms with van der Waals surface area (Å²) < 4.78 is 0. The fourth-order valence-corrected chi connectivity index (χ4v) is 3.36. The number of nitrogens with one attached hydrogen (secondary N) is 1. The van der Waals surface area contributed by atoms with Gasteiger partial charge in [0.2, 0.25) is 0 Å². The monoisotopic (exact) mass is 490 g/mol. The maximum atomic E-state index is 8.07. The molecule has 0 amide bonds. The third-order valence-corrected chi connectivity index (χ3v) is 5.39. The second-order valence-electron chi connectivity index (χ2n) is 7.69. The van der Waals surface area contributed by atoms with Gasteiger partial charge in [0.25, 0.3) is 0 Å². The predicted molar refractivity (Wildman–Crippen MR) is 159 cm³/mol. The molecule has 0 aliphatic carbocycles. The standard InChI is InChI=1S/C19H35N3.C5H9NO.2C2H6.C2H2/c1-6-10-18(20)19(8-3)21(5)17-12-14-22(15-17)13-9-11-16(4)7-2;1-3-4-5(2)6-7;3*1-2/h6,8,10,16-17H,3,7,9,11-15,20H2,1-2,4-5H3;3-4,6-7H,2H2,1H3;2*1-2H3;1-2H/b10-6-,19-18-;4-3+;;;. The third-order valence-electron chi connectivity index (χ3n) is 5.39. The van der Waals surface area contributed by atoms with Gasteiger partial charge in [0, 0.05) is 26.2 Å². The van der Waals surface area contributed by atoms with Crippen LogP contribution in [0.4, 0.5) is 0 Å². The zero-order chi connectivity index (χ0) is 28.2. The van der Waals surface area contributed by atoms with E-state index in [2.05, 4.69) is 56.7 Å². The molecule has 0 radical (unpaired) electrons. The number of hydrogen-bond donors (Lipinski definition) is 3. The number of nitrogens with two attached hydrogens (primary N) is 1. The summed E-state index contributed by atoms with van der Waals surface area (Å²) >= 11 is 0. The molecule has 1 heterocycles. The lowest BCUT2D eigenvalue weighted by Crippen LogP contribution is -2.35. The fraction of sp³-hybridized carbons (Fsp3) is 0.600. The summed E-state index contributed by atoms with van der Waals surface area (Å²) in [5, 5.41) is 8.07. The highest BCUT2D eigenvalue weighted by Gasteiger charge is 2.26. The first kappa shape index (κ1) is 39.8. The van der Waals surface area contributed by atoms with E-state index < -0.39 is 0 Å². The molecule has 5 nitrogen and oxygen atoms in total. The molecule has 0 aromatic heterocycles. The van der Waals surface area contributed by atoms with Crippen molar-refractivity contribution < 1.29 is 5.21 Å².